The second-order valence-corrected chi connectivity index (χ2v) is 10.9. The zero-order valence-electron chi connectivity index (χ0n) is 23.2. The van der Waals surface area contributed by atoms with Crippen LogP contribution in [-0.2, 0) is 11.3 Å². The number of piperidine rings is 1. The fourth-order valence-corrected chi connectivity index (χ4v) is 4.67. The number of nitrogens with one attached hydrogen (secondary N) is 1. The maximum Gasteiger partial charge on any atom is 0.410 e. The Morgan fingerprint density at radius 1 is 1.03 bits per heavy atom. The monoisotopic (exact) mass is 518 g/mol. The van der Waals surface area contributed by atoms with E-state index in [0.717, 1.165) is 28.3 Å². The Labute approximate surface area is 224 Å². The van der Waals surface area contributed by atoms with Crippen molar-refractivity contribution in [3.05, 3.63) is 76.6 Å². The number of aromatic nitrogens is 2. The van der Waals surface area contributed by atoms with Gasteiger partial charge in [0.1, 0.15) is 11.4 Å². The third-order valence-electron chi connectivity index (χ3n) is 6.93. The van der Waals surface area contributed by atoms with Gasteiger partial charge in [-0.25, -0.2) is 9.48 Å². The van der Waals surface area contributed by atoms with Crippen molar-refractivity contribution in [3.8, 4) is 11.4 Å². The van der Waals surface area contributed by atoms with Gasteiger partial charge < -0.3 is 19.7 Å². The third kappa shape index (κ3) is 6.36. The predicted octanol–water partition coefficient (Wildman–Crippen LogP) is 5.54. The Morgan fingerprint density at radius 3 is 2.32 bits per heavy atom. The second kappa shape index (κ2) is 11.3. The fourth-order valence-electron chi connectivity index (χ4n) is 4.67. The summed E-state index contributed by atoms with van der Waals surface area (Å²) < 4.78 is 12.7. The number of benzene rings is 2. The number of carbonyl (C=O) groups excluding carboxylic acids is 2. The quantitative estimate of drug-likeness (QED) is 0.463. The van der Waals surface area contributed by atoms with Crippen LogP contribution in [0.1, 0.15) is 72.3 Å². The number of aryl methyl sites for hydroxylation is 2. The molecule has 1 aliphatic rings. The molecule has 1 N–H and O–H groups in total. The molecule has 8 heteroatoms. The molecular formula is C30H38N4O4. The Hall–Kier alpha value is -3.81. The molecule has 0 radical (unpaired) electrons. The van der Waals surface area contributed by atoms with Crippen LogP contribution in [0.2, 0.25) is 0 Å². The zero-order chi connectivity index (χ0) is 27.4. The van der Waals surface area contributed by atoms with Crippen molar-refractivity contribution in [1.29, 1.82) is 0 Å². The molecule has 4 rings (SSSR count). The average molecular weight is 519 g/mol. The van der Waals surface area contributed by atoms with E-state index in [1.54, 1.807) is 18.2 Å². The van der Waals surface area contributed by atoms with Gasteiger partial charge in [0, 0.05) is 25.6 Å². The summed E-state index contributed by atoms with van der Waals surface area (Å²) in [7, 11) is 1.63. The molecule has 2 amide bonds. The molecule has 1 fully saturated rings. The van der Waals surface area contributed by atoms with Gasteiger partial charge in [0.25, 0.3) is 5.91 Å². The summed E-state index contributed by atoms with van der Waals surface area (Å²) in [6, 6.07) is 13.8. The standard InChI is InChI=1S/C30H38N4O4/c1-20-7-10-24(17-21(20)2)34-27(23-13-15-33(16-14-23)29(36)38-30(3,4)5)26(19-32-34)28(35)31-18-22-8-11-25(37-6)12-9-22/h7-12,17,19,23H,13-16,18H2,1-6H3,(H,31,35). The van der Waals surface area contributed by atoms with Crippen LogP contribution in [0.3, 0.4) is 0 Å². The minimum absolute atomic E-state index is 0.0690. The molecular weight excluding hydrogens is 480 g/mol. The van der Waals surface area contributed by atoms with Crippen molar-refractivity contribution in [1.82, 2.24) is 20.0 Å². The van der Waals surface area contributed by atoms with E-state index in [-0.39, 0.29) is 17.9 Å². The summed E-state index contributed by atoms with van der Waals surface area (Å²) in [6.45, 7) is 11.3. The highest BCUT2D eigenvalue weighted by atomic mass is 16.6. The highest BCUT2D eigenvalue weighted by molar-refractivity contribution is 5.95. The maximum atomic E-state index is 13.4. The minimum Gasteiger partial charge on any atom is -0.497 e. The first-order chi connectivity index (χ1) is 18.1. The SMILES string of the molecule is COc1ccc(CNC(=O)c2cnn(-c3ccc(C)c(C)c3)c2C2CCN(C(=O)OC(C)(C)C)CC2)cc1. The zero-order valence-corrected chi connectivity index (χ0v) is 23.2. The highest BCUT2D eigenvalue weighted by Crippen LogP contribution is 2.33. The molecule has 0 spiro atoms. The molecule has 0 atom stereocenters. The summed E-state index contributed by atoms with van der Waals surface area (Å²) in [6.07, 6.45) is 2.80. The lowest BCUT2D eigenvalue weighted by Gasteiger charge is -2.34. The topological polar surface area (TPSA) is 85.7 Å². The van der Waals surface area contributed by atoms with Gasteiger partial charge in [0.15, 0.2) is 0 Å². The molecule has 1 saturated heterocycles. The van der Waals surface area contributed by atoms with Gasteiger partial charge in [0.05, 0.1) is 30.3 Å². The molecule has 202 valence electrons. The number of rotatable bonds is 6. The van der Waals surface area contributed by atoms with E-state index in [2.05, 4.69) is 36.4 Å². The van der Waals surface area contributed by atoms with E-state index in [1.165, 1.54) is 5.56 Å². The van der Waals surface area contributed by atoms with Crippen molar-refractivity contribution in [2.45, 2.75) is 65.5 Å². The van der Waals surface area contributed by atoms with Crippen molar-refractivity contribution in [2.75, 3.05) is 20.2 Å². The van der Waals surface area contributed by atoms with E-state index in [9.17, 15) is 9.59 Å². The molecule has 8 nitrogen and oxygen atoms in total. The highest BCUT2D eigenvalue weighted by Gasteiger charge is 2.32. The van der Waals surface area contributed by atoms with E-state index < -0.39 is 5.60 Å². The molecule has 38 heavy (non-hydrogen) atoms. The summed E-state index contributed by atoms with van der Waals surface area (Å²) >= 11 is 0. The number of nitrogens with zero attached hydrogens (tertiary/aromatic N) is 3. The molecule has 0 bridgehead atoms. The van der Waals surface area contributed by atoms with Gasteiger partial charge in [-0.2, -0.15) is 5.10 Å². The average Bonchev–Trinajstić information content (AvgIpc) is 3.33. The number of likely N-dealkylation sites (tertiary alicyclic amines) is 1. The third-order valence-corrected chi connectivity index (χ3v) is 6.93. The lowest BCUT2D eigenvalue weighted by molar-refractivity contribution is 0.0203. The van der Waals surface area contributed by atoms with Gasteiger partial charge in [0.2, 0.25) is 0 Å². The number of ether oxygens (including phenoxy) is 2. The molecule has 2 aromatic carbocycles. The van der Waals surface area contributed by atoms with Crippen molar-refractivity contribution in [3.63, 3.8) is 0 Å². The first-order valence-corrected chi connectivity index (χ1v) is 13.1. The number of hydrogen-bond donors (Lipinski definition) is 1. The van der Waals surface area contributed by atoms with Gasteiger partial charge in [-0.15, -0.1) is 0 Å². The number of carbonyl (C=O) groups is 2. The largest absolute Gasteiger partial charge is 0.497 e. The van der Waals surface area contributed by atoms with Crippen LogP contribution < -0.4 is 10.1 Å². The first-order valence-electron chi connectivity index (χ1n) is 13.1. The van der Waals surface area contributed by atoms with Crippen molar-refractivity contribution < 1.29 is 19.1 Å². The Kier molecular flexibility index (Phi) is 8.09. The normalized spacial score (nSPS) is 14.3. The van der Waals surface area contributed by atoms with E-state index in [4.69, 9.17) is 9.47 Å². The maximum absolute atomic E-state index is 13.4. The molecule has 0 saturated carbocycles. The second-order valence-electron chi connectivity index (χ2n) is 10.9. The predicted molar refractivity (Wildman–Crippen MR) is 147 cm³/mol. The van der Waals surface area contributed by atoms with Crippen molar-refractivity contribution in [2.24, 2.45) is 0 Å². The van der Waals surface area contributed by atoms with Gasteiger partial charge in [-0.1, -0.05) is 18.2 Å². The van der Waals surface area contributed by atoms with Gasteiger partial charge in [-0.3, -0.25) is 4.79 Å². The molecule has 3 aromatic rings. The van der Waals surface area contributed by atoms with Crippen LogP contribution in [-0.4, -0.2) is 52.5 Å². The van der Waals surface area contributed by atoms with Crippen LogP contribution in [0, 0.1) is 13.8 Å². The summed E-state index contributed by atoms with van der Waals surface area (Å²) in [5, 5.41) is 7.72. The number of hydrogen-bond acceptors (Lipinski definition) is 5. The summed E-state index contributed by atoms with van der Waals surface area (Å²) in [4.78, 5) is 27.8. The summed E-state index contributed by atoms with van der Waals surface area (Å²) in [5.41, 5.74) is 5.17. The van der Waals surface area contributed by atoms with E-state index >= 15 is 0 Å². The Balaban J connectivity index is 1.57. The van der Waals surface area contributed by atoms with Crippen molar-refractivity contribution >= 4 is 12.0 Å². The van der Waals surface area contributed by atoms with Crippen LogP contribution in [0.4, 0.5) is 4.79 Å². The van der Waals surface area contributed by atoms with Gasteiger partial charge in [-0.05, 0) is 88.4 Å². The minimum atomic E-state index is -0.537. The Morgan fingerprint density at radius 2 is 1.71 bits per heavy atom. The van der Waals surface area contributed by atoms with Crippen LogP contribution >= 0.6 is 0 Å². The molecule has 1 aromatic heterocycles. The number of methoxy groups -OCH3 is 1. The molecule has 2 heterocycles. The molecule has 0 aliphatic carbocycles. The lowest BCUT2D eigenvalue weighted by atomic mass is 9.90. The summed E-state index contributed by atoms with van der Waals surface area (Å²) in [5.74, 6) is 0.676. The van der Waals surface area contributed by atoms with Crippen LogP contribution in [0.15, 0.2) is 48.7 Å². The van der Waals surface area contributed by atoms with E-state index in [0.29, 0.717) is 38.0 Å². The first kappa shape index (κ1) is 27.2. The smallest absolute Gasteiger partial charge is 0.410 e. The lowest BCUT2D eigenvalue weighted by Crippen LogP contribution is -2.41. The van der Waals surface area contributed by atoms with Crippen LogP contribution in [0.25, 0.3) is 5.69 Å². The number of amides is 2. The molecule has 0 unspecified atom stereocenters. The Bertz CT molecular complexity index is 1280. The fraction of sp³-hybridized carbons (Fsp3) is 0.433. The van der Waals surface area contributed by atoms with E-state index in [1.807, 2.05) is 55.8 Å². The van der Waals surface area contributed by atoms with Crippen LogP contribution in [0.5, 0.6) is 5.75 Å². The molecule has 1 aliphatic heterocycles. The van der Waals surface area contributed by atoms with Gasteiger partial charge >= 0.3 is 6.09 Å².